The van der Waals surface area contributed by atoms with Gasteiger partial charge in [-0.1, -0.05) is 46.8 Å². The van der Waals surface area contributed by atoms with Gasteiger partial charge >= 0.3 is 4.87 Å². The summed E-state index contributed by atoms with van der Waals surface area (Å²) in [4.78, 5) is 54.7. The normalized spacial score (nSPS) is 19.9. The third-order valence-corrected chi connectivity index (χ3v) is 9.65. The second-order valence-corrected chi connectivity index (χ2v) is 11.8. The number of thioether (sulfide) groups is 1. The number of imide groups is 1. The maximum Gasteiger partial charge on any atom is 0.308 e. The van der Waals surface area contributed by atoms with Gasteiger partial charge in [0.25, 0.3) is 0 Å². The maximum absolute atomic E-state index is 13.8. The van der Waals surface area contributed by atoms with Gasteiger partial charge in [0, 0.05) is 21.5 Å². The Kier molecular flexibility index (Phi) is 6.81. The van der Waals surface area contributed by atoms with E-state index in [1.54, 1.807) is 24.3 Å². The number of amides is 3. The van der Waals surface area contributed by atoms with Crippen LogP contribution < -0.4 is 15.1 Å². The Hall–Kier alpha value is -3.80. The molecule has 6 rings (SSSR count). The van der Waals surface area contributed by atoms with Gasteiger partial charge in [-0.15, -0.1) is 0 Å². The van der Waals surface area contributed by atoms with Gasteiger partial charge in [0.2, 0.25) is 17.7 Å². The van der Waals surface area contributed by atoms with E-state index in [9.17, 15) is 28.0 Å². The average molecular weight is 598 g/mol. The Morgan fingerprint density at radius 3 is 2.15 bits per heavy atom. The Morgan fingerprint density at radius 1 is 0.875 bits per heavy atom. The second-order valence-electron chi connectivity index (χ2n) is 9.26. The zero-order valence-corrected chi connectivity index (χ0v) is 22.7. The number of thiazole rings is 1. The fraction of sp³-hybridized carbons (Fsp3) is 0.143. The summed E-state index contributed by atoms with van der Waals surface area (Å²) in [5, 5.41) is 2.66. The first-order chi connectivity index (χ1) is 19.2. The molecule has 12 heteroatoms. The average Bonchev–Trinajstić information content (AvgIpc) is 3.37. The van der Waals surface area contributed by atoms with E-state index < -0.39 is 51.3 Å². The van der Waals surface area contributed by atoms with E-state index in [-0.39, 0.29) is 12.2 Å². The van der Waals surface area contributed by atoms with E-state index in [2.05, 4.69) is 5.32 Å². The molecule has 2 aliphatic rings. The molecule has 0 spiro atoms. The Balaban J connectivity index is 1.40. The standard InChI is InChI=1S/C28H18ClF2N3O4S2/c29-15-3-1-14(2-4-15)21-22-23(26(37)34(25(22)36)19-11-7-17(31)8-12-19)39-27-24(21)40-28(38)33(27)13-20(35)32-18-9-5-16(30)6-10-18/h1-12,21-23H,13H2,(H,32,35)/t21-,22?,23?/m1/s1. The van der Waals surface area contributed by atoms with Crippen LogP contribution in [0.1, 0.15) is 16.4 Å². The lowest BCUT2D eigenvalue weighted by molar-refractivity contribution is -0.122. The molecule has 1 N–H and O–H groups in total. The number of halogens is 3. The third kappa shape index (κ3) is 4.63. The number of carbonyl (C=O) groups excluding carboxylic acids is 3. The molecule has 2 aliphatic heterocycles. The van der Waals surface area contributed by atoms with Crippen molar-refractivity contribution in [3.63, 3.8) is 0 Å². The molecule has 3 aromatic carbocycles. The van der Waals surface area contributed by atoms with Crippen molar-refractivity contribution < 1.29 is 23.2 Å². The molecule has 3 heterocycles. The molecular weight excluding hydrogens is 580 g/mol. The maximum atomic E-state index is 13.8. The molecule has 7 nitrogen and oxygen atoms in total. The lowest BCUT2D eigenvalue weighted by Gasteiger charge is -2.30. The highest BCUT2D eigenvalue weighted by Crippen LogP contribution is 2.53. The number of fused-ring (bicyclic) bond motifs is 2. The minimum Gasteiger partial charge on any atom is -0.325 e. The van der Waals surface area contributed by atoms with Crippen LogP contribution in [0.2, 0.25) is 5.02 Å². The number of hydrogen-bond donors (Lipinski definition) is 1. The minimum atomic E-state index is -0.883. The lowest BCUT2D eigenvalue weighted by Crippen LogP contribution is -2.33. The molecule has 3 amide bonds. The summed E-state index contributed by atoms with van der Waals surface area (Å²) in [6, 6.07) is 17.1. The Bertz CT molecular complexity index is 1710. The van der Waals surface area contributed by atoms with Gasteiger partial charge in [0.1, 0.15) is 23.4 Å². The van der Waals surface area contributed by atoms with Crippen LogP contribution in [-0.4, -0.2) is 27.5 Å². The number of anilines is 2. The van der Waals surface area contributed by atoms with Crippen LogP contribution >= 0.6 is 34.7 Å². The molecule has 0 aliphatic carbocycles. The van der Waals surface area contributed by atoms with Gasteiger partial charge in [0.15, 0.2) is 0 Å². The Labute approximate surface area is 239 Å². The van der Waals surface area contributed by atoms with Crippen molar-refractivity contribution in [1.29, 1.82) is 0 Å². The zero-order valence-electron chi connectivity index (χ0n) is 20.3. The van der Waals surface area contributed by atoms with E-state index in [1.807, 2.05) is 0 Å². The third-order valence-electron chi connectivity index (χ3n) is 6.79. The second kappa shape index (κ2) is 10.3. The number of nitrogens with one attached hydrogen (secondary N) is 1. The van der Waals surface area contributed by atoms with Gasteiger partial charge in [-0.25, -0.2) is 13.7 Å². The molecule has 202 valence electrons. The highest BCUT2D eigenvalue weighted by atomic mass is 35.5. The first-order valence-corrected chi connectivity index (χ1v) is 14.1. The van der Waals surface area contributed by atoms with Gasteiger partial charge in [-0.05, 0) is 66.2 Å². The molecule has 1 aromatic heterocycles. The first-order valence-electron chi connectivity index (χ1n) is 12.1. The summed E-state index contributed by atoms with van der Waals surface area (Å²) < 4.78 is 28.1. The number of benzene rings is 3. The van der Waals surface area contributed by atoms with Crippen LogP contribution in [0.15, 0.2) is 82.6 Å². The molecule has 4 aromatic rings. The van der Waals surface area contributed by atoms with Gasteiger partial charge in [-0.2, -0.15) is 0 Å². The van der Waals surface area contributed by atoms with E-state index in [1.165, 1.54) is 53.1 Å². The van der Waals surface area contributed by atoms with Gasteiger partial charge in [-0.3, -0.25) is 23.7 Å². The molecule has 0 bridgehead atoms. The summed E-state index contributed by atoms with van der Waals surface area (Å²) >= 11 is 8.10. The molecular formula is C28H18ClF2N3O4S2. The lowest BCUT2D eigenvalue weighted by atomic mass is 9.83. The molecule has 2 unspecified atom stereocenters. The fourth-order valence-corrected chi connectivity index (χ4v) is 7.91. The molecule has 3 atom stereocenters. The topological polar surface area (TPSA) is 88.5 Å². The van der Waals surface area contributed by atoms with Crippen molar-refractivity contribution in [3.8, 4) is 0 Å². The van der Waals surface area contributed by atoms with Crippen LogP contribution in [-0.2, 0) is 20.9 Å². The van der Waals surface area contributed by atoms with Gasteiger partial charge in [0.05, 0.1) is 16.6 Å². The van der Waals surface area contributed by atoms with Crippen LogP contribution in [0, 0.1) is 17.6 Å². The molecule has 0 radical (unpaired) electrons. The highest BCUT2D eigenvalue weighted by molar-refractivity contribution is 8.00. The number of rotatable bonds is 5. The summed E-state index contributed by atoms with van der Waals surface area (Å²) in [6.07, 6.45) is 0. The quantitative estimate of drug-likeness (QED) is 0.317. The minimum absolute atomic E-state index is 0.251. The van der Waals surface area contributed by atoms with Crippen molar-refractivity contribution in [3.05, 3.63) is 110 Å². The van der Waals surface area contributed by atoms with Crippen LogP contribution in [0.3, 0.4) is 0 Å². The molecule has 40 heavy (non-hydrogen) atoms. The molecule has 0 saturated carbocycles. The molecule has 1 fully saturated rings. The summed E-state index contributed by atoms with van der Waals surface area (Å²) in [5.74, 6) is -3.90. The number of carbonyl (C=O) groups is 3. The number of hydrogen-bond acceptors (Lipinski definition) is 6. The number of aromatic nitrogens is 1. The van der Waals surface area contributed by atoms with Gasteiger partial charge < -0.3 is 5.32 Å². The zero-order chi connectivity index (χ0) is 28.1. The van der Waals surface area contributed by atoms with E-state index >= 15 is 0 Å². The van der Waals surface area contributed by atoms with Crippen molar-refractivity contribution in [2.24, 2.45) is 5.92 Å². The van der Waals surface area contributed by atoms with Crippen LogP contribution in [0.25, 0.3) is 0 Å². The summed E-state index contributed by atoms with van der Waals surface area (Å²) in [7, 11) is 0. The number of nitrogens with zero attached hydrogens (tertiary/aromatic N) is 2. The highest BCUT2D eigenvalue weighted by Gasteiger charge is 2.56. The van der Waals surface area contributed by atoms with E-state index in [0.717, 1.165) is 28.0 Å². The van der Waals surface area contributed by atoms with Crippen molar-refractivity contribution in [1.82, 2.24) is 4.57 Å². The summed E-state index contributed by atoms with van der Waals surface area (Å²) in [5.41, 5.74) is 1.30. The predicted octanol–water partition coefficient (Wildman–Crippen LogP) is 5.28. The van der Waals surface area contributed by atoms with Crippen LogP contribution in [0.5, 0.6) is 0 Å². The van der Waals surface area contributed by atoms with Crippen molar-refractivity contribution in [2.75, 3.05) is 10.2 Å². The summed E-state index contributed by atoms with van der Waals surface area (Å²) in [6.45, 7) is -0.344. The van der Waals surface area contributed by atoms with Crippen molar-refractivity contribution >= 4 is 63.8 Å². The van der Waals surface area contributed by atoms with Crippen LogP contribution in [0.4, 0.5) is 20.2 Å². The van der Waals surface area contributed by atoms with E-state index in [4.69, 9.17) is 11.6 Å². The Morgan fingerprint density at radius 2 is 1.50 bits per heavy atom. The molecule has 1 saturated heterocycles. The largest absolute Gasteiger partial charge is 0.325 e. The van der Waals surface area contributed by atoms with E-state index in [0.29, 0.717) is 26.2 Å². The first kappa shape index (κ1) is 26.4. The fourth-order valence-electron chi connectivity index (χ4n) is 5.01. The SMILES string of the molecule is O=C(Cn1c2c(sc1=O)[C@H](c1ccc(Cl)cc1)C1C(=O)N(c3ccc(F)cc3)C(=O)C1S2)Nc1ccc(F)cc1. The monoisotopic (exact) mass is 597 g/mol. The van der Waals surface area contributed by atoms with Crippen molar-refractivity contribution in [2.45, 2.75) is 22.7 Å². The smallest absolute Gasteiger partial charge is 0.308 e. The predicted molar refractivity (Wildman–Crippen MR) is 149 cm³/mol.